The van der Waals surface area contributed by atoms with Gasteiger partial charge in [0.15, 0.2) is 0 Å². The van der Waals surface area contributed by atoms with Crippen LogP contribution in [-0.2, 0) is 14.8 Å². The molecule has 0 aliphatic carbocycles. The molecule has 1 aromatic carbocycles. The molecule has 1 aromatic rings. The van der Waals surface area contributed by atoms with Gasteiger partial charge in [-0.3, -0.25) is 4.79 Å². The van der Waals surface area contributed by atoms with E-state index in [1.54, 1.807) is 0 Å². The summed E-state index contributed by atoms with van der Waals surface area (Å²) >= 11 is 0. The van der Waals surface area contributed by atoms with Crippen LogP contribution in [0.2, 0.25) is 0 Å². The smallest absolute Gasteiger partial charge is 0.321 e. The first-order chi connectivity index (χ1) is 8.36. The van der Waals surface area contributed by atoms with Crippen molar-refractivity contribution in [3.63, 3.8) is 0 Å². The first-order valence-corrected chi connectivity index (χ1v) is 6.46. The molecule has 0 spiro atoms. The third-order valence-electron chi connectivity index (χ3n) is 2.12. The molecule has 0 saturated heterocycles. The molecule has 0 aliphatic heterocycles. The zero-order valence-corrected chi connectivity index (χ0v) is 10.0. The number of nitrogens with one attached hydrogen (secondary N) is 1. The Bertz CT molecular complexity index is 531. The third kappa shape index (κ3) is 3.76. The average Bonchev–Trinajstić information content (AvgIpc) is 2.28. The number of aliphatic carboxylic acids is 1. The van der Waals surface area contributed by atoms with Gasteiger partial charge in [0, 0.05) is 6.61 Å². The molecule has 0 unspecified atom stereocenters. The Labute approximate surface area is 103 Å². The van der Waals surface area contributed by atoms with Crippen molar-refractivity contribution in [2.24, 2.45) is 0 Å². The maximum Gasteiger partial charge on any atom is 0.321 e. The topological polar surface area (TPSA) is 104 Å². The highest BCUT2D eigenvalue weighted by Crippen LogP contribution is 2.11. The zero-order valence-electron chi connectivity index (χ0n) is 9.21. The molecule has 0 aromatic heterocycles. The van der Waals surface area contributed by atoms with Crippen LogP contribution < -0.4 is 4.72 Å². The normalized spacial score (nSPS) is 13.2. The van der Waals surface area contributed by atoms with Crippen LogP contribution in [0.3, 0.4) is 0 Å². The van der Waals surface area contributed by atoms with Crippen LogP contribution in [0, 0.1) is 5.82 Å². The first-order valence-electron chi connectivity index (χ1n) is 4.98. The van der Waals surface area contributed by atoms with E-state index in [9.17, 15) is 17.6 Å². The summed E-state index contributed by atoms with van der Waals surface area (Å²) in [6.45, 7) is -0.483. The van der Waals surface area contributed by atoms with Crippen molar-refractivity contribution < 1.29 is 27.8 Å². The lowest BCUT2D eigenvalue weighted by Gasteiger charge is -2.13. The largest absolute Gasteiger partial charge is 0.480 e. The Balaban J connectivity index is 2.97. The van der Waals surface area contributed by atoms with E-state index in [1.807, 2.05) is 4.72 Å². The Kier molecular flexibility index (Phi) is 4.76. The van der Waals surface area contributed by atoms with Gasteiger partial charge >= 0.3 is 5.97 Å². The fraction of sp³-hybridized carbons (Fsp3) is 0.300. The van der Waals surface area contributed by atoms with Gasteiger partial charge in [0.25, 0.3) is 0 Å². The number of aliphatic hydroxyl groups is 1. The molecule has 0 heterocycles. The summed E-state index contributed by atoms with van der Waals surface area (Å²) in [5.41, 5.74) is 0. The fourth-order valence-electron chi connectivity index (χ4n) is 1.25. The predicted octanol–water partition coefficient (Wildman–Crippen LogP) is -0.0604. The fourth-order valence-corrected chi connectivity index (χ4v) is 2.51. The third-order valence-corrected chi connectivity index (χ3v) is 3.59. The molecule has 1 atom stereocenters. The highest BCUT2D eigenvalue weighted by molar-refractivity contribution is 7.89. The molecular formula is C10H12FNO5S. The van der Waals surface area contributed by atoms with E-state index >= 15 is 0 Å². The predicted molar refractivity (Wildman–Crippen MR) is 59.8 cm³/mol. The van der Waals surface area contributed by atoms with Crippen molar-refractivity contribution in [1.82, 2.24) is 4.72 Å². The Hall–Kier alpha value is -1.51. The molecule has 100 valence electrons. The quantitative estimate of drug-likeness (QED) is 0.676. The monoisotopic (exact) mass is 277 g/mol. The maximum absolute atomic E-state index is 12.9. The van der Waals surface area contributed by atoms with E-state index in [4.69, 9.17) is 10.2 Å². The van der Waals surface area contributed by atoms with Gasteiger partial charge in [-0.2, -0.15) is 4.72 Å². The van der Waals surface area contributed by atoms with Crippen molar-refractivity contribution in [3.8, 4) is 0 Å². The second-order valence-electron chi connectivity index (χ2n) is 3.48. The van der Waals surface area contributed by atoms with E-state index in [0.29, 0.717) is 0 Å². The lowest BCUT2D eigenvalue weighted by molar-refractivity contribution is -0.139. The number of carbonyl (C=O) groups is 1. The van der Waals surface area contributed by atoms with E-state index in [2.05, 4.69) is 0 Å². The van der Waals surface area contributed by atoms with Gasteiger partial charge in [0.1, 0.15) is 11.9 Å². The van der Waals surface area contributed by atoms with Crippen LogP contribution in [0.1, 0.15) is 6.42 Å². The molecule has 8 heteroatoms. The molecule has 0 bridgehead atoms. The highest BCUT2D eigenvalue weighted by atomic mass is 32.2. The van der Waals surface area contributed by atoms with Gasteiger partial charge in [0.2, 0.25) is 10.0 Å². The first kappa shape index (κ1) is 14.6. The van der Waals surface area contributed by atoms with Gasteiger partial charge in [-0.25, -0.2) is 12.8 Å². The molecule has 18 heavy (non-hydrogen) atoms. The Morgan fingerprint density at radius 1 is 1.44 bits per heavy atom. The number of sulfonamides is 1. The molecular weight excluding hydrogens is 265 g/mol. The number of hydrogen-bond acceptors (Lipinski definition) is 4. The van der Waals surface area contributed by atoms with E-state index in [0.717, 1.165) is 18.2 Å². The minimum atomic E-state index is -4.13. The highest BCUT2D eigenvalue weighted by Gasteiger charge is 2.25. The van der Waals surface area contributed by atoms with Crippen molar-refractivity contribution >= 4 is 16.0 Å². The second-order valence-corrected chi connectivity index (χ2v) is 5.20. The minimum Gasteiger partial charge on any atom is -0.480 e. The van der Waals surface area contributed by atoms with Crippen LogP contribution in [0.5, 0.6) is 0 Å². The Morgan fingerprint density at radius 2 is 2.11 bits per heavy atom. The molecule has 0 amide bonds. The number of hydrogen-bond donors (Lipinski definition) is 3. The molecule has 3 N–H and O–H groups in total. The number of aliphatic hydroxyl groups excluding tert-OH is 1. The maximum atomic E-state index is 12.9. The van der Waals surface area contributed by atoms with Gasteiger partial charge in [-0.05, 0) is 24.6 Å². The van der Waals surface area contributed by atoms with Gasteiger partial charge < -0.3 is 10.2 Å². The molecule has 6 nitrogen and oxygen atoms in total. The van der Waals surface area contributed by atoms with Crippen LogP contribution in [0.25, 0.3) is 0 Å². The number of carboxylic acids is 1. The van der Waals surface area contributed by atoms with Crippen molar-refractivity contribution in [2.45, 2.75) is 17.4 Å². The van der Waals surface area contributed by atoms with Crippen molar-refractivity contribution in [1.29, 1.82) is 0 Å². The lowest BCUT2D eigenvalue weighted by atomic mass is 10.2. The van der Waals surface area contributed by atoms with Crippen LogP contribution >= 0.6 is 0 Å². The molecule has 0 fully saturated rings. The van der Waals surface area contributed by atoms with Crippen molar-refractivity contribution in [2.75, 3.05) is 6.61 Å². The molecule has 1 rings (SSSR count). The van der Waals surface area contributed by atoms with Gasteiger partial charge in [-0.15, -0.1) is 0 Å². The molecule has 0 radical (unpaired) electrons. The van der Waals surface area contributed by atoms with Gasteiger partial charge in [0.05, 0.1) is 4.90 Å². The van der Waals surface area contributed by atoms with E-state index < -0.39 is 34.5 Å². The van der Waals surface area contributed by atoms with Crippen LogP contribution in [0.4, 0.5) is 4.39 Å². The van der Waals surface area contributed by atoms with Gasteiger partial charge in [-0.1, -0.05) is 6.07 Å². The number of rotatable bonds is 6. The van der Waals surface area contributed by atoms with Crippen LogP contribution in [-0.4, -0.2) is 37.2 Å². The summed E-state index contributed by atoms with van der Waals surface area (Å²) in [5.74, 6) is -2.16. The average molecular weight is 277 g/mol. The number of halogens is 1. The summed E-state index contributed by atoms with van der Waals surface area (Å²) in [4.78, 5) is 10.4. The summed E-state index contributed by atoms with van der Waals surface area (Å²) < 4.78 is 38.3. The van der Waals surface area contributed by atoms with Crippen LogP contribution in [0.15, 0.2) is 29.2 Å². The molecule has 0 aliphatic rings. The summed E-state index contributed by atoms with van der Waals surface area (Å²) in [7, 11) is -4.13. The summed E-state index contributed by atoms with van der Waals surface area (Å²) in [5, 5.41) is 17.4. The summed E-state index contributed by atoms with van der Waals surface area (Å²) in [6.07, 6.45) is -0.274. The number of carboxylic acid groups (broad SMARTS) is 1. The van der Waals surface area contributed by atoms with E-state index in [-0.39, 0.29) is 11.3 Å². The Morgan fingerprint density at radius 3 is 2.61 bits per heavy atom. The SMILES string of the molecule is O=C(O)[C@@H](CCO)NS(=O)(=O)c1cccc(F)c1. The van der Waals surface area contributed by atoms with Crippen molar-refractivity contribution in [3.05, 3.63) is 30.1 Å². The number of benzene rings is 1. The second kappa shape index (κ2) is 5.89. The zero-order chi connectivity index (χ0) is 13.8. The minimum absolute atomic E-state index is 0.274. The standard InChI is InChI=1S/C10H12FNO5S/c11-7-2-1-3-8(6-7)18(16,17)12-9(4-5-13)10(14)15/h1-3,6,9,12-13H,4-5H2,(H,14,15)/t9-/m1/s1. The summed E-state index contributed by atoms with van der Waals surface area (Å²) in [6, 6.07) is 2.74. The molecule has 0 saturated carbocycles. The lowest BCUT2D eigenvalue weighted by Crippen LogP contribution is -2.41. The van der Waals surface area contributed by atoms with E-state index in [1.165, 1.54) is 6.07 Å².